The van der Waals surface area contributed by atoms with Gasteiger partial charge in [0.05, 0.1) is 6.61 Å². The summed E-state index contributed by atoms with van der Waals surface area (Å²) in [7, 11) is 0. The van der Waals surface area contributed by atoms with Crippen LogP contribution in [-0.2, 0) is 19.1 Å². The summed E-state index contributed by atoms with van der Waals surface area (Å²) in [4.78, 5) is 24.5. The number of carbonyl (C=O) groups excluding carboxylic acids is 2. The number of aliphatic hydroxyl groups excluding tert-OH is 1. The Kier molecular flexibility index (Phi) is 58.7. The molecule has 0 radical (unpaired) electrons. The molecule has 0 aromatic rings. The van der Waals surface area contributed by atoms with Gasteiger partial charge in [0.25, 0.3) is 0 Å². The Balaban J connectivity index is 3.76. The second-order valence-electron chi connectivity index (χ2n) is 18.2. The Morgan fingerprint density at radius 1 is 0.303 bits per heavy atom. The summed E-state index contributed by atoms with van der Waals surface area (Å²) in [6.07, 6.45) is 105. The number of esters is 2. The molecule has 0 fully saturated rings. The fraction of sp³-hybridized carbons (Fsp3) is 0.465. The summed E-state index contributed by atoms with van der Waals surface area (Å²) in [6, 6.07) is 0. The lowest BCUT2D eigenvalue weighted by Crippen LogP contribution is -2.28. The molecule has 0 aliphatic carbocycles. The topological polar surface area (TPSA) is 72.8 Å². The number of unbranched alkanes of at least 4 members (excludes halogenated alkanes) is 6. The van der Waals surface area contributed by atoms with Gasteiger partial charge in [-0.3, -0.25) is 9.59 Å². The maximum Gasteiger partial charge on any atom is 0.306 e. The Morgan fingerprint density at radius 2 is 0.526 bits per heavy atom. The zero-order chi connectivity index (χ0) is 54.8. The standard InChI is InChI=1S/C71H104O5/c1-3-5-7-9-11-13-15-17-19-21-23-25-27-29-31-33-35-37-39-41-43-45-47-49-51-53-55-57-59-61-63-65-70(73)75-68-69(67-72)76-71(74)66-64-62-60-58-56-54-52-50-48-46-44-42-40-38-36-34-32-30-28-26-24-22-20-18-16-14-12-10-8-6-4-2/h5-8,11-14,17-20,23-26,29-32,35-38,41-44,47-50,53-56,69,72H,3-4,9-10,15-16,21-22,27-28,33-34,39-40,45-46,51-52,57-68H2,1-2H3/b7-5-,8-6-,13-11-,14-12-,19-17-,20-18-,25-23-,26-24-,31-29-,32-30-,37-35-,38-36-,43-41-,44-42-,49-47-,50-48-,55-53-,56-54-. The van der Waals surface area contributed by atoms with E-state index in [1.165, 1.54) is 0 Å². The molecule has 0 aliphatic rings. The van der Waals surface area contributed by atoms with Crippen molar-refractivity contribution in [3.63, 3.8) is 0 Å². The highest BCUT2D eigenvalue weighted by molar-refractivity contribution is 5.70. The van der Waals surface area contributed by atoms with Crippen LogP contribution in [0.5, 0.6) is 0 Å². The lowest BCUT2D eigenvalue weighted by molar-refractivity contribution is -0.161. The van der Waals surface area contributed by atoms with Gasteiger partial charge < -0.3 is 14.6 Å². The molecule has 5 nitrogen and oxygen atoms in total. The van der Waals surface area contributed by atoms with Gasteiger partial charge >= 0.3 is 11.9 Å². The van der Waals surface area contributed by atoms with Gasteiger partial charge in [-0.05, 0) is 154 Å². The molecule has 1 unspecified atom stereocenters. The molecule has 0 rings (SSSR count). The molecule has 0 heterocycles. The molecule has 0 aliphatic heterocycles. The van der Waals surface area contributed by atoms with Crippen LogP contribution < -0.4 is 0 Å². The molecule has 1 N–H and O–H groups in total. The van der Waals surface area contributed by atoms with E-state index in [0.29, 0.717) is 12.8 Å². The summed E-state index contributed by atoms with van der Waals surface area (Å²) in [6.45, 7) is 3.83. The van der Waals surface area contributed by atoms with Crippen LogP contribution in [0, 0.1) is 0 Å². The predicted molar refractivity (Wildman–Crippen MR) is 333 cm³/mol. The van der Waals surface area contributed by atoms with Crippen molar-refractivity contribution in [2.45, 2.75) is 200 Å². The van der Waals surface area contributed by atoms with Crippen molar-refractivity contribution in [2.24, 2.45) is 0 Å². The zero-order valence-electron chi connectivity index (χ0n) is 47.7. The first kappa shape index (κ1) is 70.2. The third-order valence-electron chi connectivity index (χ3n) is 11.3. The Labute approximate surface area is 465 Å². The SMILES string of the molecule is CC/C=C\C/C=C\C/C=C\C/C=C\C/C=C\C/C=C\C/C=C\C/C=C\C/C=C\CCCCCC(=O)OCC(CO)OC(=O)CCCCC/C=C\C/C=C\C/C=C\C/C=C\C/C=C\C/C=C\C/C=C\C/C=C\C/C=C\CC. The Hall–Kier alpha value is -5.78. The number of aliphatic hydroxyl groups is 1. The first-order valence-electron chi connectivity index (χ1n) is 29.3. The van der Waals surface area contributed by atoms with E-state index in [0.717, 1.165) is 167 Å². The van der Waals surface area contributed by atoms with Crippen LogP contribution in [0.1, 0.15) is 194 Å². The van der Waals surface area contributed by atoms with Crippen LogP contribution in [0.2, 0.25) is 0 Å². The van der Waals surface area contributed by atoms with Crippen molar-refractivity contribution >= 4 is 11.9 Å². The van der Waals surface area contributed by atoms with Gasteiger partial charge in [0.2, 0.25) is 0 Å². The highest BCUT2D eigenvalue weighted by Gasteiger charge is 2.16. The fourth-order valence-corrected chi connectivity index (χ4v) is 6.95. The maximum atomic E-state index is 12.3. The number of carbonyl (C=O) groups is 2. The lowest BCUT2D eigenvalue weighted by Gasteiger charge is -2.15. The van der Waals surface area contributed by atoms with Gasteiger partial charge in [0.1, 0.15) is 6.61 Å². The molecule has 0 amide bonds. The second-order valence-corrected chi connectivity index (χ2v) is 18.2. The molecule has 0 aromatic carbocycles. The lowest BCUT2D eigenvalue weighted by atomic mass is 10.1. The Morgan fingerprint density at radius 3 is 0.763 bits per heavy atom. The van der Waals surface area contributed by atoms with E-state index >= 15 is 0 Å². The minimum Gasteiger partial charge on any atom is -0.462 e. The van der Waals surface area contributed by atoms with Crippen molar-refractivity contribution in [3.05, 3.63) is 219 Å². The summed E-state index contributed by atoms with van der Waals surface area (Å²) >= 11 is 0. The van der Waals surface area contributed by atoms with E-state index in [1.807, 2.05) is 0 Å². The number of allylic oxidation sites excluding steroid dienone is 36. The molecule has 0 saturated carbocycles. The van der Waals surface area contributed by atoms with Crippen molar-refractivity contribution < 1.29 is 24.2 Å². The number of hydrogen-bond donors (Lipinski definition) is 1. The quantitative estimate of drug-likeness (QED) is 0.0373. The fourth-order valence-electron chi connectivity index (χ4n) is 6.95. The van der Waals surface area contributed by atoms with E-state index in [1.54, 1.807) is 0 Å². The monoisotopic (exact) mass is 1040 g/mol. The molecule has 0 aromatic heterocycles. The van der Waals surface area contributed by atoms with Crippen LogP contribution in [0.3, 0.4) is 0 Å². The van der Waals surface area contributed by atoms with Crippen molar-refractivity contribution in [3.8, 4) is 0 Å². The van der Waals surface area contributed by atoms with Gasteiger partial charge in [0, 0.05) is 12.8 Å². The molecule has 1 atom stereocenters. The zero-order valence-corrected chi connectivity index (χ0v) is 47.7. The van der Waals surface area contributed by atoms with Crippen LogP contribution in [0.25, 0.3) is 0 Å². The van der Waals surface area contributed by atoms with Crippen molar-refractivity contribution in [1.82, 2.24) is 0 Å². The molecule has 5 heteroatoms. The highest BCUT2D eigenvalue weighted by Crippen LogP contribution is 2.10. The van der Waals surface area contributed by atoms with Crippen molar-refractivity contribution in [2.75, 3.05) is 13.2 Å². The largest absolute Gasteiger partial charge is 0.462 e. The van der Waals surface area contributed by atoms with Crippen LogP contribution in [0.15, 0.2) is 219 Å². The number of hydrogen-bond acceptors (Lipinski definition) is 5. The second kappa shape index (κ2) is 63.5. The van der Waals surface area contributed by atoms with E-state index in [2.05, 4.69) is 233 Å². The third kappa shape index (κ3) is 60.8. The average molecular weight is 1040 g/mol. The van der Waals surface area contributed by atoms with Crippen LogP contribution >= 0.6 is 0 Å². The first-order valence-corrected chi connectivity index (χ1v) is 29.3. The normalized spacial score (nSPS) is 13.9. The summed E-state index contributed by atoms with van der Waals surface area (Å²) in [5.41, 5.74) is 0. The summed E-state index contributed by atoms with van der Waals surface area (Å²) in [5.74, 6) is -0.690. The molecule has 0 bridgehead atoms. The Bertz CT molecular complexity index is 1890. The molecular weight excluding hydrogens is 933 g/mol. The summed E-state index contributed by atoms with van der Waals surface area (Å²) in [5, 5.41) is 9.66. The molecule has 76 heavy (non-hydrogen) atoms. The minimum absolute atomic E-state index is 0.115. The minimum atomic E-state index is -0.825. The summed E-state index contributed by atoms with van der Waals surface area (Å²) < 4.78 is 10.7. The molecule has 0 spiro atoms. The first-order chi connectivity index (χ1) is 37.6. The van der Waals surface area contributed by atoms with Crippen LogP contribution in [-0.4, -0.2) is 36.4 Å². The third-order valence-corrected chi connectivity index (χ3v) is 11.3. The van der Waals surface area contributed by atoms with E-state index in [9.17, 15) is 14.7 Å². The van der Waals surface area contributed by atoms with Gasteiger partial charge in [-0.1, -0.05) is 245 Å². The predicted octanol–water partition coefficient (Wildman–Crippen LogP) is 20.4. The van der Waals surface area contributed by atoms with Gasteiger partial charge in [-0.15, -0.1) is 0 Å². The van der Waals surface area contributed by atoms with Gasteiger partial charge in [-0.2, -0.15) is 0 Å². The number of ether oxygens (including phenoxy) is 2. The van der Waals surface area contributed by atoms with E-state index in [4.69, 9.17) is 9.47 Å². The van der Waals surface area contributed by atoms with E-state index < -0.39 is 6.10 Å². The van der Waals surface area contributed by atoms with Crippen molar-refractivity contribution in [1.29, 1.82) is 0 Å². The average Bonchev–Trinajstić information content (AvgIpc) is 3.42. The molecule has 0 saturated heterocycles. The highest BCUT2D eigenvalue weighted by atomic mass is 16.6. The smallest absolute Gasteiger partial charge is 0.306 e. The van der Waals surface area contributed by atoms with E-state index in [-0.39, 0.29) is 25.2 Å². The molecule has 418 valence electrons. The maximum absolute atomic E-state index is 12.3. The number of rotatable bonds is 50. The molecular formula is C71H104O5. The van der Waals surface area contributed by atoms with Gasteiger partial charge in [-0.25, -0.2) is 0 Å². The van der Waals surface area contributed by atoms with Gasteiger partial charge in [0.15, 0.2) is 6.10 Å². The van der Waals surface area contributed by atoms with Crippen LogP contribution in [0.4, 0.5) is 0 Å².